The second kappa shape index (κ2) is 7.06. The zero-order valence-corrected chi connectivity index (χ0v) is 10.00. The highest BCUT2D eigenvalue weighted by atomic mass is 16.5. The van der Waals surface area contributed by atoms with Gasteiger partial charge in [0.05, 0.1) is 13.5 Å². The van der Waals surface area contributed by atoms with Crippen molar-refractivity contribution in [2.75, 3.05) is 7.11 Å². The van der Waals surface area contributed by atoms with Gasteiger partial charge in [0.1, 0.15) is 0 Å². The topological polar surface area (TPSA) is 63.6 Å². The molecule has 0 aliphatic rings. The zero-order chi connectivity index (χ0) is 13.4. The number of methoxy groups -OCH3 is 1. The van der Waals surface area contributed by atoms with E-state index in [2.05, 4.69) is 4.74 Å². The van der Waals surface area contributed by atoms with Crippen molar-refractivity contribution >= 4 is 24.1 Å². The average molecular weight is 246 g/mol. The predicted octanol–water partition coefficient (Wildman–Crippen LogP) is 2.36. The third-order valence-corrected chi connectivity index (χ3v) is 2.18. The molecule has 1 rings (SSSR count). The molecule has 1 aromatic carbocycles. The SMILES string of the molecule is COC(=O)CC=Cc1ccc(/C=C/C(=O)O)cc1. The van der Waals surface area contributed by atoms with Crippen molar-refractivity contribution in [2.45, 2.75) is 6.42 Å². The number of esters is 1. The van der Waals surface area contributed by atoms with Gasteiger partial charge in [-0.3, -0.25) is 4.79 Å². The van der Waals surface area contributed by atoms with Crippen LogP contribution in [0.2, 0.25) is 0 Å². The van der Waals surface area contributed by atoms with Crippen LogP contribution in [0.25, 0.3) is 12.2 Å². The second-order valence-corrected chi connectivity index (χ2v) is 3.52. The number of hydrogen-bond donors (Lipinski definition) is 1. The molecule has 0 aliphatic heterocycles. The molecule has 0 saturated heterocycles. The molecule has 0 saturated carbocycles. The fourth-order valence-corrected chi connectivity index (χ4v) is 1.26. The van der Waals surface area contributed by atoms with Crippen LogP contribution in [-0.4, -0.2) is 24.2 Å². The molecule has 1 aromatic rings. The summed E-state index contributed by atoms with van der Waals surface area (Å²) in [6.07, 6.45) is 6.36. The summed E-state index contributed by atoms with van der Waals surface area (Å²) in [6.45, 7) is 0. The predicted molar refractivity (Wildman–Crippen MR) is 68.8 cm³/mol. The molecule has 0 atom stereocenters. The number of aliphatic carboxylic acids is 1. The van der Waals surface area contributed by atoms with Gasteiger partial charge in [-0.15, -0.1) is 0 Å². The quantitative estimate of drug-likeness (QED) is 0.640. The molecule has 0 aliphatic carbocycles. The number of hydrogen-bond acceptors (Lipinski definition) is 3. The van der Waals surface area contributed by atoms with E-state index in [-0.39, 0.29) is 12.4 Å². The van der Waals surface area contributed by atoms with Gasteiger partial charge in [-0.05, 0) is 17.2 Å². The van der Waals surface area contributed by atoms with Crippen LogP contribution in [0.15, 0.2) is 36.4 Å². The molecule has 0 radical (unpaired) electrons. The van der Waals surface area contributed by atoms with Crippen molar-refractivity contribution in [1.29, 1.82) is 0 Å². The fourth-order valence-electron chi connectivity index (χ4n) is 1.26. The number of benzene rings is 1. The van der Waals surface area contributed by atoms with Gasteiger partial charge >= 0.3 is 11.9 Å². The molecular formula is C14H14O4. The Labute approximate surface area is 105 Å². The first kappa shape index (κ1) is 13.7. The van der Waals surface area contributed by atoms with Gasteiger partial charge in [0, 0.05) is 6.08 Å². The second-order valence-electron chi connectivity index (χ2n) is 3.52. The van der Waals surface area contributed by atoms with Crippen LogP contribution in [0.1, 0.15) is 17.5 Å². The van der Waals surface area contributed by atoms with Crippen molar-refractivity contribution in [1.82, 2.24) is 0 Å². The number of carbonyl (C=O) groups is 2. The van der Waals surface area contributed by atoms with E-state index in [1.165, 1.54) is 13.2 Å². The minimum Gasteiger partial charge on any atom is -0.478 e. The maximum atomic E-state index is 10.9. The van der Waals surface area contributed by atoms with Crippen LogP contribution in [0.5, 0.6) is 0 Å². The number of carbonyl (C=O) groups excluding carboxylic acids is 1. The first-order valence-electron chi connectivity index (χ1n) is 5.36. The van der Waals surface area contributed by atoms with Crippen molar-refractivity contribution in [2.24, 2.45) is 0 Å². The highest BCUT2D eigenvalue weighted by molar-refractivity contribution is 5.85. The Hall–Kier alpha value is -2.36. The lowest BCUT2D eigenvalue weighted by Crippen LogP contribution is -1.96. The van der Waals surface area contributed by atoms with Gasteiger partial charge in [0.25, 0.3) is 0 Å². The smallest absolute Gasteiger partial charge is 0.328 e. The summed E-state index contributed by atoms with van der Waals surface area (Å²) in [4.78, 5) is 21.2. The van der Waals surface area contributed by atoms with Crippen LogP contribution >= 0.6 is 0 Å². The molecule has 4 nitrogen and oxygen atoms in total. The van der Waals surface area contributed by atoms with Gasteiger partial charge in [0.15, 0.2) is 0 Å². The lowest BCUT2D eigenvalue weighted by molar-refractivity contribution is -0.139. The Bertz CT molecular complexity index is 469. The molecule has 1 N–H and O–H groups in total. The van der Waals surface area contributed by atoms with E-state index >= 15 is 0 Å². The summed E-state index contributed by atoms with van der Waals surface area (Å²) in [5, 5.41) is 8.48. The molecule has 0 unspecified atom stereocenters. The number of ether oxygens (including phenoxy) is 1. The molecule has 4 heteroatoms. The summed E-state index contributed by atoms with van der Waals surface area (Å²) < 4.78 is 4.51. The Kier molecular flexibility index (Phi) is 5.38. The van der Waals surface area contributed by atoms with Crippen LogP contribution in [0, 0.1) is 0 Å². The largest absolute Gasteiger partial charge is 0.478 e. The summed E-state index contributed by atoms with van der Waals surface area (Å²) >= 11 is 0. The van der Waals surface area contributed by atoms with Crippen molar-refractivity contribution in [3.05, 3.63) is 47.5 Å². The monoisotopic (exact) mass is 246 g/mol. The Morgan fingerprint density at radius 3 is 2.22 bits per heavy atom. The van der Waals surface area contributed by atoms with Crippen LogP contribution in [-0.2, 0) is 14.3 Å². The summed E-state index contributed by atoms with van der Waals surface area (Å²) in [5.74, 6) is -1.26. The zero-order valence-electron chi connectivity index (χ0n) is 10.00. The maximum Gasteiger partial charge on any atom is 0.328 e. The van der Waals surface area contributed by atoms with Gasteiger partial charge in [0.2, 0.25) is 0 Å². The van der Waals surface area contributed by atoms with Crippen LogP contribution in [0.4, 0.5) is 0 Å². The normalized spacial score (nSPS) is 10.9. The minimum atomic E-state index is -0.975. The van der Waals surface area contributed by atoms with Crippen molar-refractivity contribution in [3.8, 4) is 0 Å². The molecule has 18 heavy (non-hydrogen) atoms. The van der Waals surface area contributed by atoms with Gasteiger partial charge in [-0.2, -0.15) is 0 Å². The van der Waals surface area contributed by atoms with Gasteiger partial charge in [-0.1, -0.05) is 36.4 Å². The van der Waals surface area contributed by atoms with E-state index in [0.717, 1.165) is 17.2 Å². The van der Waals surface area contributed by atoms with Crippen molar-refractivity contribution in [3.63, 3.8) is 0 Å². The van der Waals surface area contributed by atoms with Crippen LogP contribution in [0.3, 0.4) is 0 Å². The van der Waals surface area contributed by atoms with Gasteiger partial charge in [-0.25, -0.2) is 4.79 Å². The Balaban J connectivity index is 2.60. The van der Waals surface area contributed by atoms with Crippen molar-refractivity contribution < 1.29 is 19.4 Å². The van der Waals surface area contributed by atoms with Gasteiger partial charge < -0.3 is 9.84 Å². The highest BCUT2D eigenvalue weighted by Gasteiger charge is 1.94. The third-order valence-electron chi connectivity index (χ3n) is 2.18. The number of carboxylic acids is 1. The van der Waals surface area contributed by atoms with E-state index in [9.17, 15) is 9.59 Å². The Morgan fingerprint density at radius 2 is 1.72 bits per heavy atom. The number of rotatable bonds is 5. The lowest BCUT2D eigenvalue weighted by atomic mass is 10.1. The van der Waals surface area contributed by atoms with E-state index < -0.39 is 5.97 Å². The highest BCUT2D eigenvalue weighted by Crippen LogP contribution is 2.08. The molecule has 94 valence electrons. The molecule has 0 spiro atoms. The molecule has 0 fully saturated rings. The fraction of sp³-hybridized carbons (Fsp3) is 0.143. The molecule has 0 bridgehead atoms. The van der Waals surface area contributed by atoms with E-state index in [1.807, 2.05) is 18.2 Å². The average Bonchev–Trinajstić information content (AvgIpc) is 2.37. The number of carboxylic acid groups (broad SMARTS) is 1. The summed E-state index contributed by atoms with van der Waals surface area (Å²) in [5.41, 5.74) is 1.74. The standard InChI is InChI=1S/C14H14O4/c1-18-14(17)4-2-3-11-5-7-12(8-6-11)9-10-13(15)16/h2-3,5-10H,4H2,1H3,(H,15,16)/b3-2?,10-9+. The maximum absolute atomic E-state index is 10.9. The minimum absolute atomic E-state index is 0.233. The first-order chi connectivity index (χ1) is 8.61. The van der Waals surface area contributed by atoms with E-state index in [0.29, 0.717) is 0 Å². The van der Waals surface area contributed by atoms with Crippen LogP contribution < -0.4 is 0 Å². The summed E-state index contributed by atoms with van der Waals surface area (Å²) in [6, 6.07) is 7.29. The molecular weight excluding hydrogens is 232 g/mol. The van der Waals surface area contributed by atoms with E-state index in [4.69, 9.17) is 5.11 Å². The van der Waals surface area contributed by atoms with E-state index in [1.54, 1.807) is 18.2 Å². The first-order valence-corrected chi connectivity index (χ1v) is 5.36. The lowest BCUT2D eigenvalue weighted by Gasteiger charge is -1.96. The Morgan fingerprint density at radius 1 is 1.17 bits per heavy atom. The third kappa shape index (κ3) is 5.12. The summed E-state index contributed by atoms with van der Waals surface area (Å²) in [7, 11) is 1.35. The molecule has 0 heterocycles. The molecule has 0 aromatic heterocycles. The molecule has 0 amide bonds.